The number of piperazine rings is 1. The summed E-state index contributed by atoms with van der Waals surface area (Å²) in [7, 11) is 0. The van der Waals surface area contributed by atoms with Gasteiger partial charge in [0.25, 0.3) is 0 Å². The third-order valence-electron chi connectivity index (χ3n) is 3.70. The molecule has 4 nitrogen and oxygen atoms in total. The van der Waals surface area contributed by atoms with Gasteiger partial charge in [-0.25, -0.2) is 4.98 Å². The molecule has 1 aliphatic rings. The van der Waals surface area contributed by atoms with Crippen LogP contribution in [0.1, 0.15) is 5.69 Å². The van der Waals surface area contributed by atoms with E-state index in [1.165, 1.54) is 0 Å². The molecule has 2 aromatic heterocycles. The molecule has 0 bridgehead atoms. The van der Waals surface area contributed by atoms with Gasteiger partial charge >= 0.3 is 0 Å². The van der Waals surface area contributed by atoms with Gasteiger partial charge in [-0.2, -0.15) is 0 Å². The highest BCUT2D eigenvalue weighted by Crippen LogP contribution is 2.26. The molecule has 0 saturated carbocycles. The van der Waals surface area contributed by atoms with Crippen molar-refractivity contribution in [2.75, 3.05) is 36.0 Å². The van der Waals surface area contributed by atoms with Crippen molar-refractivity contribution in [3.05, 3.63) is 45.8 Å². The monoisotopic (exact) mass is 366 g/mol. The average molecular weight is 368 g/mol. The molecule has 1 aliphatic heterocycles. The molecular weight excluding hydrogens is 352 g/mol. The van der Waals surface area contributed by atoms with Gasteiger partial charge in [0.2, 0.25) is 0 Å². The van der Waals surface area contributed by atoms with E-state index in [9.17, 15) is 0 Å². The van der Waals surface area contributed by atoms with Crippen molar-refractivity contribution in [1.82, 2.24) is 9.97 Å². The fourth-order valence-electron chi connectivity index (χ4n) is 2.51. The Labute approximate surface area is 137 Å². The molecule has 0 atom stereocenters. The van der Waals surface area contributed by atoms with E-state index >= 15 is 0 Å². The molecule has 1 saturated heterocycles. The standard InChI is InChI=1S/C15H16BrClN4/c1-11-12(16)2-3-15(19-11)21-8-6-20(7-9-21)14-4-5-18-10-13(14)17/h2-5,10H,6-9H2,1H3. The molecule has 6 heteroatoms. The van der Waals surface area contributed by atoms with Crippen LogP contribution in [-0.4, -0.2) is 36.1 Å². The van der Waals surface area contributed by atoms with Crippen molar-refractivity contribution in [2.45, 2.75) is 6.92 Å². The highest BCUT2D eigenvalue weighted by Gasteiger charge is 2.20. The highest BCUT2D eigenvalue weighted by atomic mass is 79.9. The van der Waals surface area contributed by atoms with Crippen LogP contribution in [0, 0.1) is 6.92 Å². The Balaban J connectivity index is 1.70. The maximum absolute atomic E-state index is 6.21. The van der Waals surface area contributed by atoms with Crippen LogP contribution < -0.4 is 9.80 Å². The predicted molar refractivity (Wildman–Crippen MR) is 90.3 cm³/mol. The summed E-state index contributed by atoms with van der Waals surface area (Å²) in [5, 5.41) is 0.712. The van der Waals surface area contributed by atoms with E-state index in [1.54, 1.807) is 12.4 Å². The summed E-state index contributed by atoms with van der Waals surface area (Å²) < 4.78 is 1.05. The molecule has 0 unspecified atom stereocenters. The molecule has 3 rings (SSSR count). The highest BCUT2D eigenvalue weighted by molar-refractivity contribution is 9.10. The van der Waals surface area contributed by atoms with Crippen molar-refractivity contribution in [3.63, 3.8) is 0 Å². The summed E-state index contributed by atoms with van der Waals surface area (Å²) >= 11 is 9.71. The first-order valence-corrected chi connectivity index (χ1v) is 8.05. The van der Waals surface area contributed by atoms with Crippen molar-refractivity contribution in [3.8, 4) is 0 Å². The number of hydrogen-bond acceptors (Lipinski definition) is 4. The van der Waals surface area contributed by atoms with Gasteiger partial charge in [-0.3, -0.25) is 4.98 Å². The molecule has 110 valence electrons. The van der Waals surface area contributed by atoms with Crippen molar-refractivity contribution < 1.29 is 0 Å². The quantitative estimate of drug-likeness (QED) is 0.813. The van der Waals surface area contributed by atoms with Crippen LogP contribution in [0.3, 0.4) is 0 Å². The van der Waals surface area contributed by atoms with Crippen LogP contribution in [0.5, 0.6) is 0 Å². The number of hydrogen-bond donors (Lipinski definition) is 0. The molecular formula is C15H16BrClN4. The molecule has 0 amide bonds. The first-order chi connectivity index (χ1) is 10.1. The van der Waals surface area contributed by atoms with Gasteiger partial charge in [-0.15, -0.1) is 0 Å². The fourth-order valence-corrected chi connectivity index (χ4v) is 2.97. The smallest absolute Gasteiger partial charge is 0.128 e. The average Bonchev–Trinajstić information content (AvgIpc) is 2.51. The molecule has 0 aliphatic carbocycles. The second-order valence-electron chi connectivity index (χ2n) is 5.04. The largest absolute Gasteiger partial charge is 0.367 e. The first kappa shape index (κ1) is 14.6. The van der Waals surface area contributed by atoms with E-state index in [-0.39, 0.29) is 0 Å². The van der Waals surface area contributed by atoms with E-state index < -0.39 is 0 Å². The van der Waals surface area contributed by atoms with Gasteiger partial charge in [-0.05, 0) is 41.1 Å². The molecule has 21 heavy (non-hydrogen) atoms. The van der Waals surface area contributed by atoms with Crippen molar-refractivity contribution >= 4 is 39.0 Å². The van der Waals surface area contributed by atoms with Gasteiger partial charge < -0.3 is 9.80 Å². The number of pyridine rings is 2. The van der Waals surface area contributed by atoms with Gasteiger partial charge in [0.15, 0.2) is 0 Å². The number of rotatable bonds is 2. The molecule has 0 radical (unpaired) electrons. The minimum atomic E-state index is 0.712. The van der Waals surface area contributed by atoms with E-state index in [2.05, 4.69) is 47.8 Å². The van der Waals surface area contributed by atoms with Crippen molar-refractivity contribution in [2.24, 2.45) is 0 Å². The Morgan fingerprint density at radius 2 is 1.81 bits per heavy atom. The lowest BCUT2D eigenvalue weighted by molar-refractivity contribution is 0.646. The van der Waals surface area contributed by atoms with Crippen LogP contribution in [0.4, 0.5) is 11.5 Å². The third-order valence-corrected chi connectivity index (χ3v) is 4.83. The maximum atomic E-state index is 6.21. The van der Waals surface area contributed by atoms with Gasteiger partial charge in [-0.1, -0.05) is 11.6 Å². The Morgan fingerprint density at radius 3 is 2.48 bits per heavy atom. The third kappa shape index (κ3) is 3.14. The topological polar surface area (TPSA) is 32.3 Å². The Bertz CT molecular complexity index is 641. The lowest BCUT2D eigenvalue weighted by atomic mass is 10.2. The van der Waals surface area contributed by atoms with E-state index in [4.69, 9.17) is 11.6 Å². The molecule has 0 spiro atoms. The predicted octanol–water partition coefficient (Wildman–Crippen LogP) is 3.53. The molecule has 0 aromatic carbocycles. The summed E-state index contributed by atoms with van der Waals surface area (Å²) in [5.74, 6) is 1.04. The lowest BCUT2D eigenvalue weighted by Crippen LogP contribution is -2.47. The first-order valence-electron chi connectivity index (χ1n) is 6.88. The Kier molecular flexibility index (Phi) is 4.31. The van der Waals surface area contributed by atoms with Crippen LogP contribution in [0.2, 0.25) is 5.02 Å². The second kappa shape index (κ2) is 6.20. The minimum Gasteiger partial charge on any atom is -0.367 e. The van der Waals surface area contributed by atoms with Gasteiger partial charge in [0.1, 0.15) is 5.82 Å². The number of halogens is 2. The minimum absolute atomic E-state index is 0.712. The summed E-state index contributed by atoms with van der Waals surface area (Å²) in [6.45, 7) is 5.75. The van der Waals surface area contributed by atoms with E-state index in [1.807, 2.05) is 13.0 Å². The van der Waals surface area contributed by atoms with Gasteiger partial charge in [0, 0.05) is 43.0 Å². The SMILES string of the molecule is Cc1nc(N2CCN(c3ccncc3Cl)CC2)ccc1Br. The van der Waals surface area contributed by atoms with E-state index in [0.29, 0.717) is 5.02 Å². The summed E-state index contributed by atoms with van der Waals surface area (Å²) in [5.41, 5.74) is 2.08. The zero-order valence-electron chi connectivity index (χ0n) is 11.8. The second-order valence-corrected chi connectivity index (χ2v) is 6.30. The molecule has 0 N–H and O–H groups in total. The van der Waals surface area contributed by atoms with E-state index in [0.717, 1.165) is 47.9 Å². The van der Waals surface area contributed by atoms with Crippen LogP contribution in [-0.2, 0) is 0 Å². The number of nitrogens with zero attached hydrogens (tertiary/aromatic N) is 4. The summed E-state index contributed by atoms with van der Waals surface area (Å²) in [6.07, 6.45) is 3.48. The lowest BCUT2D eigenvalue weighted by Gasteiger charge is -2.37. The normalized spacial score (nSPS) is 15.4. The molecule has 1 fully saturated rings. The zero-order valence-corrected chi connectivity index (χ0v) is 14.1. The van der Waals surface area contributed by atoms with Crippen LogP contribution in [0.25, 0.3) is 0 Å². The number of anilines is 2. The Morgan fingerprint density at radius 1 is 1.10 bits per heavy atom. The molecule has 2 aromatic rings. The van der Waals surface area contributed by atoms with Gasteiger partial charge in [0.05, 0.1) is 16.4 Å². The zero-order chi connectivity index (χ0) is 14.8. The fraction of sp³-hybridized carbons (Fsp3) is 0.333. The van der Waals surface area contributed by atoms with Crippen LogP contribution >= 0.6 is 27.5 Å². The summed E-state index contributed by atoms with van der Waals surface area (Å²) in [4.78, 5) is 13.3. The Hall–Kier alpha value is -1.33. The maximum Gasteiger partial charge on any atom is 0.128 e. The van der Waals surface area contributed by atoms with Crippen LogP contribution in [0.15, 0.2) is 35.1 Å². The number of aryl methyl sites for hydroxylation is 1. The summed E-state index contributed by atoms with van der Waals surface area (Å²) in [6, 6.07) is 6.09. The van der Waals surface area contributed by atoms with Crippen molar-refractivity contribution in [1.29, 1.82) is 0 Å². The molecule has 3 heterocycles. The number of aromatic nitrogens is 2.